The van der Waals surface area contributed by atoms with Gasteiger partial charge in [0.25, 0.3) is 0 Å². The van der Waals surface area contributed by atoms with Gasteiger partial charge in [-0.15, -0.1) is 10.2 Å². The van der Waals surface area contributed by atoms with Crippen molar-refractivity contribution in [3.05, 3.63) is 11.8 Å². The van der Waals surface area contributed by atoms with Crippen LogP contribution in [0.15, 0.2) is 4.42 Å². The lowest BCUT2D eigenvalue weighted by Gasteiger charge is -2.29. The van der Waals surface area contributed by atoms with Crippen LogP contribution in [0.2, 0.25) is 0 Å². The summed E-state index contributed by atoms with van der Waals surface area (Å²) >= 11 is 0. The van der Waals surface area contributed by atoms with Gasteiger partial charge < -0.3 is 14.9 Å². The molecular formula is C13H19N3O2. The van der Waals surface area contributed by atoms with E-state index >= 15 is 0 Å². The Balaban J connectivity index is 1.49. The summed E-state index contributed by atoms with van der Waals surface area (Å²) in [6.45, 7) is 2.87. The van der Waals surface area contributed by atoms with Crippen LogP contribution in [0.25, 0.3) is 0 Å². The van der Waals surface area contributed by atoms with E-state index < -0.39 is 0 Å². The molecule has 0 spiro atoms. The van der Waals surface area contributed by atoms with Crippen molar-refractivity contribution >= 4 is 0 Å². The van der Waals surface area contributed by atoms with Gasteiger partial charge in [0.1, 0.15) is 6.10 Å². The predicted molar refractivity (Wildman–Crippen MR) is 63.7 cm³/mol. The molecule has 5 nitrogen and oxygen atoms in total. The zero-order valence-corrected chi connectivity index (χ0v) is 10.6. The lowest BCUT2D eigenvalue weighted by atomic mass is 9.76. The second-order valence-corrected chi connectivity index (χ2v) is 6.23. The third-order valence-corrected chi connectivity index (χ3v) is 4.72. The Bertz CT molecular complexity index is 455. The van der Waals surface area contributed by atoms with E-state index in [0.29, 0.717) is 30.3 Å². The molecule has 18 heavy (non-hydrogen) atoms. The van der Waals surface area contributed by atoms with Crippen molar-refractivity contribution < 1.29 is 9.15 Å². The Kier molecular flexibility index (Phi) is 2.29. The monoisotopic (exact) mass is 249 g/mol. The summed E-state index contributed by atoms with van der Waals surface area (Å²) in [5.41, 5.74) is 5.97. The van der Waals surface area contributed by atoms with Gasteiger partial charge in [0, 0.05) is 12.0 Å². The van der Waals surface area contributed by atoms with Gasteiger partial charge >= 0.3 is 0 Å². The number of fused-ring (bicyclic) bond motifs is 1. The van der Waals surface area contributed by atoms with E-state index in [9.17, 15) is 0 Å². The Morgan fingerprint density at radius 2 is 1.89 bits per heavy atom. The highest BCUT2D eigenvalue weighted by Gasteiger charge is 2.53. The van der Waals surface area contributed by atoms with Gasteiger partial charge in [-0.2, -0.15) is 0 Å². The quantitative estimate of drug-likeness (QED) is 0.862. The fourth-order valence-corrected chi connectivity index (χ4v) is 3.42. The first kappa shape index (κ1) is 10.9. The average molecular weight is 249 g/mol. The SMILES string of the molecule is CC1CC(c2nnc([C@H]3OC[C@H](N)C4CC43)o2)C1. The summed E-state index contributed by atoms with van der Waals surface area (Å²) in [6, 6.07) is 0.195. The van der Waals surface area contributed by atoms with Crippen LogP contribution >= 0.6 is 0 Å². The predicted octanol–water partition coefficient (Wildman–Crippen LogP) is 1.62. The van der Waals surface area contributed by atoms with E-state index in [1.165, 1.54) is 12.8 Å². The van der Waals surface area contributed by atoms with Gasteiger partial charge in [0.2, 0.25) is 11.8 Å². The summed E-state index contributed by atoms with van der Waals surface area (Å²) in [5, 5.41) is 8.38. The molecule has 4 atom stereocenters. The van der Waals surface area contributed by atoms with Crippen LogP contribution in [-0.4, -0.2) is 22.8 Å². The van der Waals surface area contributed by atoms with Gasteiger partial charge in [0.15, 0.2) is 0 Å². The van der Waals surface area contributed by atoms with Gasteiger partial charge in [0.05, 0.1) is 6.61 Å². The van der Waals surface area contributed by atoms with Crippen molar-refractivity contribution in [2.45, 2.75) is 44.2 Å². The number of rotatable bonds is 2. The molecule has 0 radical (unpaired) electrons. The Labute approximate surface area is 106 Å². The molecule has 2 saturated carbocycles. The van der Waals surface area contributed by atoms with E-state index in [-0.39, 0.29) is 12.1 Å². The molecular weight excluding hydrogens is 230 g/mol. The van der Waals surface area contributed by atoms with Gasteiger partial charge in [-0.1, -0.05) is 6.92 Å². The summed E-state index contributed by atoms with van der Waals surface area (Å²) in [4.78, 5) is 0. The fourth-order valence-electron chi connectivity index (χ4n) is 3.42. The first-order valence-corrected chi connectivity index (χ1v) is 6.93. The van der Waals surface area contributed by atoms with Crippen LogP contribution in [0, 0.1) is 17.8 Å². The van der Waals surface area contributed by atoms with E-state index in [2.05, 4.69) is 17.1 Å². The lowest BCUT2D eigenvalue weighted by molar-refractivity contribution is -0.0212. The second-order valence-electron chi connectivity index (χ2n) is 6.23. The summed E-state index contributed by atoms with van der Waals surface area (Å²) in [7, 11) is 0. The molecule has 3 fully saturated rings. The van der Waals surface area contributed by atoms with Gasteiger partial charge in [-0.05, 0) is 37.0 Å². The first-order chi connectivity index (χ1) is 8.72. The molecule has 0 bridgehead atoms. The third-order valence-electron chi connectivity index (χ3n) is 4.72. The van der Waals surface area contributed by atoms with Crippen LogP contribution in [0.4, 0.5) is 0 Å². The normalized spacial score (nSPS) is 46.3. The Morgan fingerprint density at radius 3 is 2.67 bits per heavy atom. The minimum absolute atomic E-state index is 0.00597. The standard InChI is InChI=1S/C13H19N3O2/c1-6-2-7(3-6)12-15-16-13(18-12)11-9-4-8(9)10(14)5-17-11/h6-11H,2-5,14H2,1H3/t6?,7?,8?,9?,10-,11-/m0/s1. The number of hydrogen-bond acceptors (Lipinski definition) is 5. The van der Waals surface area contributed by atoms with Crippen LogP contribution in [0.1, 0.15) is 50.0 Å². The van der Waals surface area contributed by atoms with Crippen LogP contribution in [0.5, 0.6) is 0 Å². The van der Waals surface area contributed by atoms with Crippen LogP contribution in [0.3, 0.4) is 0 Å². The molecule has 0 amide bonds. The first-order valence-electron chi connectivity index (χ1n) is 6.93. The summed E-state index contributed by atoms with van der Waals surface area (Å²) in [5.74, 6) is 3.84. The molecule has 1 aromatic heterocycles. The lowest BCUT2D eigenvalue weighted by Crippen LogP contribution is -2.35. The molecule has 2 aliphatic carbocycles. The molecule has 2 unspecified atom stereocenters. The third kappa shape index (κ3) is 1.61. The molecule has 3 aliphatic rings. The number of nitrogens with two attached hydrogens (primary N) is 1. The second kappa shape index (κ2) is 3.78. The molecule has 0 aromatic carbocycles. The maximum atomic E-state index is 5.97. The maximum absolute atomic E-state index is 5.97. The largest absolute Gasteiger partial charge is 0.422 e. The average Bonchev–Trinajstić information content (AvgIpc) is 2.98. The van der Waals surface area contributed by atoms with E-state index in [1.807, 2.05) is 0 Å². The molecule has 2 N–H and O–H groups in total. The Hall–Kier alpha value is -0.940. The van der Waals surface area contributed by atoms with Crippen molar-refractivity contribution in [1.29, 1.82) is 0 Å². The minimum Gasteiger partial charge on any atom is -0.422 e. The fraction of sp³-hybridized carbons (Fsp3) is 0.846. The number of nitrogens with zero attached hydrogens (tertiary/aromatic N) is 2. The van der Waals surface area contributed by atoms with Gasteiger partial charge in [-0.25, -0.2) is 0 Å². The molecule has 5 heteroatoms. The molecule has 2 heterocycles. The van der Waals surface area contributed by atoms with Crippen molar-refractivity contribution in [1.82, 2.24) is 10.2 Å². The Morgan fingerprint density at radius 1 is 1.11 bits per heavy atom. The highest BCUT2D eigenvalue weighted by Crippen LogP contribution is 2.53. The number of ether oxygens (including phenoxy) is 1. The molecule has 1 saturated heterocycles. The summed E-state index contributed by atoms with van der Waals surface area (Å²) < 4.78 is 11.6. The maximum Gasteiger partial charge on any atom is 0.245 e. The van der Waals surface area contributed by atoms with Crippen molar-refractivity contribution in [2.24, 2.45) is 23.5 Å². The molecule has 1 aliphatic heterocycles. The summed E-state index contributed by atoms with van der Waals surface area (Å²) in [6.07, 6.45) is 3.48. The van der Waals surface area contributed by atoms with Crippen molar-refractivity contribution in [3.8, 4) is 0 Å². The number of hydrogen-bond donors (Lipinski definition) is 1. The van der Waals surface area contributed by atoms with Crippen LogP contribution in [-0.2, 0) is 4.74 Å². The highest BCUT2D eigenvalue weighted by molar-refractivity contribution is 5.07. The van der Waals surface area contributed by atoms with Crippen molar-refractivity contribution in [2.75, 3.05) is 6.61 Å². The molecule has 1 aromatic rings. The zero-order chi connectivity index (χ0) is 12.3. The topological polar surface area (TPSA) is 74.2 Å². The van der Waals surface area contributed by atoms with E-state index in [1.54, 1.807) is 0 Å². The smallest absolute Gasteiger partial charge is 0.245 e. The minimum atomic E-state index is -0.00597. The molecule has 98 valence electrons. The highest BCUT2D eigenvalue weighted by atomic mass is 16.5. The van der Waals surface area contributed by atoms with E-state index in [0.717, 1.165) is 18.2 Å². The van der Waals surface area contributed by atoms with Crippen LogP contribution < -0.4 is 5.73 Å². The zero-order valence-electron chi connectivity index (χ0n) is 10.6. The number of aromatic nitrogens is 2. The van der Waals surface area contributed by atoms with E-state index in [4.69, 9.17) is 14.9 Å². The van der Waals surface area contributed by atoms with Gasteiger partial charge in [-0.3, -0.25) is 0 Å². The van der Waals surface area contributed by atoms with Crippen molar-refractivity contribution in [3.63, 3.8) is 0 Å². The molecule has 4 rings (SSSR count).